The molecule has 0 aliphatic rings. The maximum atomic E-state index is 6.00. The Kier molecular flexibility index (Phi) is 5.67. The van der Waals surface area contributed by atoms with Crippen LogP contribution in [0.1, 0.15) is 16.7 Å². The van der Waals surface area contributed by atoms with E-state index in [2.05, 4.69) is 31.9 Å². The summed E-state index contributed by atoms with van der Waals surface area (Å²) >= 11 is 6.95. The molecular weight excluding hydrogens is 398 g/mol. The van der Waals surface area contributed by atoms with Gasteiger partial charge in [0.05, 0.1) is 7.11 Å². The standard InChI is InChI=1S/C16H17Br2NO2/c1-10-5-14(18)6-11(8-19)16(10)21-9-12-7-13(17)3-4-15(12)20-2/h3-7H,8-9,19H2,1-2H3. The van der Waals surface area contributed by atoms with Crippen molar-refractivity contribution in [3.63, 3.8) is 0 Å². The predicted octanol–water partition coefficient (Wildman–Crippen LogP) is 4.57. The van der Waals surface area contributed by atoms with Gasteiger partial charge in [0, 0.05) is 26.6 Å². The number of benzene rings is 2. The summed E-state index contributed by atoms with van der Waals surface area (Å²) < 4.78 is 13.4. The number of methoxy groups -OCH3 is 1. The molecule has 0 spiro atoms. The van der Waals surface area contributed by atoms with Gasteiger partial charge in [-0.05, 0) is 42.8 Å². The van der Waals surface area contributed by atoms with Crippen LogP contribution in [-0.4, -0.2) is 7.11 Å². The smallest absolute Gasteiger partial charge is 0.127 e. The summed E-state index contributed by atoms with van der Waals surface area (Å²) in [6.07, 6.45) is 0. The summed E-state index contributed by atoms with van der Waals surface area (Å²) in [5.41, 5.74) is 8.82. The second-order valence-corrected chi connectivity index (χ2v) is 6.49. The Morgan fingerprint density at radius 3 is 2.43 bits per heavy atom. The highest BCUT2D eigenvalue weighted by molar-refractivity contribution is 9.10. The Morgan fingerprint density at radius 1 is 1.05 bits per heavy atom. The SMILES string of the molecule is COc1ccc(Br)cc1COc1c(C)cc(Br)cc1CN. The van der Waals surface area contributed by atoms with E-state index in [9.17, 15) is 0 Å². The molecule has 0 fully saturated rings. The van der Waals surface area contributed by atoms with Gasteiger partial charge in [-0.2, -0.15) is 0 Å². The Balaban J connectivity index is 2.26. The van der Waals surface area contributed by atoms with Crippen molar-refractivity contribution < 1.29 is 9.47 Å². The summed E-state index contributed by atoms with van der Waals surface area (Å²) in [6, 6.07) is 9.86. The molecule has 2 aromatic rings. The molecule has 2 aromatic carbocycles. The van der Waals surface area contributed by atoms with E-state index in [-0.39, 0.29) is 0 Å². The van der Waals surface area contributed by atoms with E-state index in [0.29, 0.717) is 13.2 Å². The fourth-order valence-electron chi connectivity index (χ4n) is 2.17. The minimum Gasteiger partial charge on any atom is -0.496 e. The summed E-state index contributed by atoms with van der Waals surface area (Å²) in [6.45, 7) is 2.88. The van der Waals surface area contributed by atoms with Gasteiger partial charge in [0.15, 0.2) is 0 Å². The number of nitrogens with two attached hydrogens (primary N) is 1. The maximum absolute atomic E-state index is 6.00. The Labute approximate surface area is 141 Å². The lowest BCUT2D eigenvalue weighted by Crippen LogP contribution is -2.05. The largest absolute Gasteiger partial charge is 0.496 e. The Bertz CT molecular complexity index is 644. The van der Waals surface area contributed by atoms with E-state index in [1.807, 2.05) is 37.3 Å². The van der Waals surface area contributed by atoms with Crippen LogP contribution in [0.2, 0.25) is 0 Å². The first-order valence-electron chi connectivity index (χ1n) is 6.49. The average molecular weight is 415 g/mol. The van der Waals surface area contributed by atoms with Crippen LogP contribution < -0.4 is 15.2 Å². The molecule has 0 radical (unpaired) electrons. The third-order valence-electron chi connectivity index (χ3n) is 3.15. The fraction of sp³-hybridized carbons (Fsp3) is 0.250. The first kappa shape index (κ1) is 16.3. The fourth-order valence-corrected chi connectivity index (χ4v) is 3.20. The molecule has 0 heterocycles. The van der Waals surface area contributed by atoms with Crippen LogP contribution >= 0.6 is 31.9 Å². The summed E-state index contributed by atoms with van der Waals surface area (Å²) in [4.78, 5) is 0. The van der Waals surface area contributed by atoms with Crippen LogP contribution in [0.15, 0.2) is 39.3 Å². The molecule has 0 bridgehead atoms. The zero-order valence-corrected chi connectivity index (χ0v) is 15.1. The van der Waals surface area contributed by atoms with E-state index < -0.39 is 0 Å². The van der Waals surface area contributed by atoms with E-state index in [1.54, 1.807) is 7.11 Å². The quantitative estimate of drug-likeness (QED) is 0.779. The van der Waals surface area contributed by atoms with Gasteiger partial charge in [-0.1, -0.05) is 31.9 Å². The predicted molar refractivity (Wildman–Crippen MR) is 91.8 cm³/mol. The van der Waals surface area contributed by atoms with Gasteiger partial charge in [-0.25, -0.2) is 0 Å². The van der Waals surface area contributed by atoms with Crippen LogP contribution in [0, 0.1) is 6.92 Å². The summed E-state index contributed by atoms with van der Waals surface area (Å²) in [5, 5.41) is 0. The minimum absolute atomic E-state index is 0.429. The van der Waals surface area contributed by atoms with Crippen molar-refractivity contribution in [1.29, 1.82) is 0 Å². The number of ether oxygens (including phenoxy) is 2. The molecule has 5 heteroatoms. The molecule has 0 saturated carbocycles. The van der Waals surface area contributed by atoms with Crippen molar-refractivity contribution in [3.8, 4) is 11.5 Å². The first-order chi connectivity index (χ1) is 10.0. The Morgan fingerprint density at radius 2 is 1.76 bits per heavy atom. The zero-order valence-electron chi connectivity index (χ0n) is 12.0. The van der Waals surface area contributed by atoms with Crippen LogP contribution in [0.5, 0.6) is 11.5 Å². The summed E-state index contributed by atoms with van der Waals surface area (Å²) in [5.74, 6) is 1.64. The number of hydrogen-bond acceptors (Lipinski definition) is 3. The third-order valence-corrected chi connectivity index (χ3v) is 4.10. The number of aryl methyl sites for hydroxylation is 1. The molecule has 0 saturated heterocycles. The molecule has 0 aromatic heterocycles. The van der Waals surface area contributed by atoms with Gasteiger partial charge in [0.2, 0.25) is 0 Å². The van der Waals surface area contributed by atoms with E-state index in [0.717, 1.165) is 37.1 Å². The molecule has 0 aliphatic heterocycles. The molecule has 0 unspecified atom stereocenters. The normalized spacial score (nSPS) is 10.5. The molecule has 2 N–H and O–H groups in total. The van der Waals surface area contributed by atoms with Crippen LogP contribution in [0.25, 0.3) is 0 Å². The molecule has 0 atom stereocenters. The van der Waals surface area contributed by atoms with Gasteiger partial charge in [0.1, 0.15) is 18.1 Å². The first-order valence-corrected chi connectivity index (χ1v) is 8.08. The topological polar surface area (TPSA) is 44.5 Å². The van der Waals surface area contributed by atoms with E-state index in [1.165, 1.54) is 0 Å². The van der Waals surface area contributed by atoms with Gasteiger partial charge >= 0.3 is 0 Å². The van der Waals surface area contributed by atoms with Crippen LogP contribution in [0.4, 0.5) is 0 Å². The van der Waals surface area contributed by atoms with Crippen molar-refractivity contribution in [2.75, 3.05) is 7.11 Å². The molecule has 0 amide bonds. The highest BCUT2D eigenvalue weighted by atomic mass is 79.9. The van der Waals surface area contributed by atoms with Crippen LogP contribution in [0.3, 0.4) is 0 Å². The average Bonchev–Trinajstić information content (AvgIpc) is 2.45. The van der Waals surface area contributed by atoms with Crippen LogP contribution in [-0.2, 0) is 13.2 Å². The molecule has 0 aliphatic carbocycles. The molecule has 3 nitrogen and oxygen atoms in total. The van der Waals surface area contributed by atoms with E-state index in [4.69, 9.17) is 15.2 Å². The van der Waals surface area contributed by atoms with Gasteiger partial charge < -0.3 is 15.2 Å². The second-order valence-electron chi connectivity index (χ2n) is 4.66. The lowest BCUT2D eigenvalue weighted by atomic mass is 10.1. The third kappa shape index (κ3) is 3.99. The Hall–Kier alpha value is -1.04. The van der Waals surface area contributed by atoms with Crippen molar-refractivity contribution in [1.82, 2.24) is 0 Å². The molecule has 21 heavy (non-hydrogen) atoms. The highest BCUT2D eigenvalue weighted by Crippen LogP contribution is 2.30. The van der Waals surface area contributed by atoms with Crippen molar-refractivity contribution in [3.05, 3.63) is 56.0 Å². The number of rotatable bonds is 5. The molecule has 2 rings (SSSR count). The lowest BCUT2D eigenvalue weighted by molar-refractivity contribution is 0.292. The number of halogens is 2. The number of hydrogen-bond donors (Lipinski definition) is 1. The van der Waals surface area contributed by atoms with Crippen molar-refractivity contribution in [2.24, 2.45) is 5.73 Å². The van der Waals surface area contributed by atoms with Gasteiger partial charge in [-0.3, -0.25) is 0 Å². The second kappa shape index (κ2) is 7.29. The highest BCUT2D eigenvalue weighted by Gasteiger charge is 2.10. The van der Waals surface area contributed by atoms with Gasteiger partial charge in [-0.15, -0.1) is 0 Å². The lowest BCUT2D eigenvalue weighted by Gasteiger charge is -2.15. The van der Waals surface area contributed by atoms with Crippen molar-refractivity contribution >= 4 is 31.9 Å². The zero-order chi connectivity index (χ0) is 15.4. The minimum atomic E-state index is 0.429. The molecule has 112 valence electrons. The van der Waals surface area contributed by atoms with E-state index >= 15 is 0 Å². The summed E-state index contributed by atoms with van der Waals surface area (Å²) in [7, 11) is 1.66. The maximum Gasteiger partial charge on any atom is 0.127 e. The molecular formula is C16H17Br2NO2. The monoisotopic (exact) mass is 413 g/mol. The van der Waals surface area contributed by atoms with Crippen molar-refractivity contribution in [2.45, 2.75) is 20.1 Å². The van der Waals surface area contributed by atoms with Gasteiger partial charge in [0.25, 0.3) is 0 Å².